The predicted molar refractivity (Wildman–Crippen MR) is 47.0 cm³/mol. The van der Waals surface area contributed by atoms with Crippen molar-refractivity contribution < 1.29 is 18.0 Å². The van der Waals surface area contributed by atoms with Gasteiger partial charge in [-0.05, 0) is 0 Å². The van der Waals surface area contributed by atoms with Crippen LogP contribution in [0.15, 0.2) is 6.20 Å². The first-order chi connectivity index (χ1) is 7.40. The summed E-state index contributed by atoms with van der Waals surface area (Å²) in [6.07, 6.45) is -3.23. The molecule has 1 heterocycles. The number of aromatic nitrogens is 3. The summed E-state index contributed by atoms with van der Waals surface area (Å²) in [6.45, 7) is -1.38. The molecule has 90 valence electrons. The van der Waals surface area contributed by atoms with Crippen LogP contribution < -0.4 is 11.1 Å². The van der Waals surface area contributed by atoms with Crippen LogP contribution in [0, 0.1) is 0 Å². The highest BCUT2D eigenvalue weighted by atomic mass is 19.4. The van der Waals surface area contributed by atoms with Crippen molar-refractivity contribution in [1.29, 1.82) is 0 Å². The number of amides is 1. The second-order valence-corrected chi connectivity index (χ2v) is 3.00. The number of alkyl halides is 3. The highest BCUT2D eigenvalue weighted by Gasteiger charge is 2.28. The van der Waals surface area contributed by atoms with E-state index in [0.717, 1.165) is 6.20 Å². The van der Waals surface area contributed by atoms with Gasteiger partial charge in [0.2, 0.25) is 5.91 Å². The van der Waals surface area contributed by atoms with E-state index in [0.29, 0.717) is 4.68 Å². The summed E-state index contributed by atoms with van der Waals surface area (Å²) in [7, 11) is 0. The molecule has 0 aliphatic carbocycles. The Balaban J connectivity index is 2.49. The minimum absolute atomic E-state index is 0.00783. The zero-order valence-electron chi connectivity index (χ0n) is 8.16. The Bertz CT molecular complexity index is 361. The Morgan fingerprint density at radius 1 is 1.56 bits per heavy atom. The first kappa shape index (κ1) is 12.4. The van der Waals surface area contributed by atoms with Crippen molar-refractivity contribution in [3.05, 3.63) is 11.9 Å². The number of hydrogen-bond acceptors (Lipinski definition) is 4. The maximum Gasteiger partial charge on any atom is 0.408 e. The third-order valence-corrected chi connectivity index (χ3v) is 1.58. The van der Waals surface area contributed by atoms with Gasteiger partial charge in [-0.15, -0.1) is 5.10 Å². The standard InChI is InChI=1S/C7H10F3N5O/c8-7(9,10)4-15-3-5(13-14-15)2-12-6(16)1-11/h3H,1-2,4,11H2,(H,12,16). The number of carbonyl (C=O) groups excluding carboxylic acids is 1. The van der Waals surface area contributed by atoms with Crippen LogP contribution in [-0.2, 0) is 17.9 Å². The SMILES string of the molecule is NCC(=O)NCc1cn(CC(F)(F)F)nn1. The van der Waals surface area contributed by atoms with Crippen LogP contribution >= 0.6 is 0 Å². The first-order valence-electron chi connectivity index (χ1n) is 4.33. The molecule has 0 saturated heterocycles. The van der Waals surface area contributed by atoms with Crippen LogP contribution in [0.2, 0.25) is 0 Å². The second kappa shape index (κ2) is 4.92. The van der Waals surface area contributed by atoms with Crippen molar-refractivity contribution in [3.63, 3.8) is 0 Å². The van der Waals surface area contributed by atoms with Gasteiger partial charge in [0, 0.05) is 0 Å². The van der Waals surface area contributed by atoms with Crippen molar-refractivity contribution in [2.24, 2.45) is 5.73 Å². The number of halogens is 3. The first-order valence-corrected chi connectivity index (χ1v) is 4.33. The molecule has 0 atom stereocenters. The lowest BCUT2D eigenvalue weighted by Crippen LogP contribution is -2.29. The van der Waals surface area contributed by atoms with Crippen LogP contribution in [0.5, 0.6) is 0 Å². The molecular weight excluding hydrogens is 227 g/mol. The minimum atomic E-state index is -4.34. The van der Waals surface area contributed by atoms with E-state index in [-0.39, 0.29) is 18.8 Å². The summed E-state index contributed by atoms with van der Waals surface area (Å²) >= 11 is 0. The molecule has 1 rings (SSSR count). The van der Waals surface area contributed by atoms with E-state index in [9.17, 15) is 18.0 Å². The molecule has 6 nitrogen and oxygen atoms in total. The normalized spacial score (nSPS) is 11.5. The Labute approximate surface area is 88.6 Å². The van der Waals surface area contributed by atoms with Gasteiger partial charge in [0.1, 0.15) is 12.2 Å². The van der Waals surface area contributed by atoms with E-state index in [1.54, 1.807) is 0 Å². The lowest BCUT2D eigenvalue weighted by Gasteiger charge is -2.04. The zero-order valence-corrected chi connectivity index (χ0v) is 8.16. The van der Waals surface area contributed by atoms with Crippen molar-refractivity contribution in [2.45, 2.75) is 19.3 Å². The van der Waals surface area contributed by atoms with E-state index >= 15 is 0 Å². The molecule has 0 aliphatic rings. The van der Waals surface area contributed by atoms with Gasteiger partial charge in [-0.1, -0.05) is 5.21 Å². The summed E-state index contributed by atoms with van der Waals surface area (Å²) < 4.78 is 36.5. The molecule has 16 heavy (non-hydrogen) atoms. The van der Waals surface area contributed by atoms with Crippen LogP contribution in [0.4, 0.5) is 13.2 Å². The number of hydrogen-bond donors (Lipinski definition) is 2. The molecule has 3 N–H and O–H groups in total. The molecule has 1 aromatic heterocycles. The summed E-state index contributed by atoms with van der Waals surface area (Å²) in [5, 5.41) is 9.10. The lowest BCUT2D eigenvalue weighted by molar-refractivity contribution is -0.142. The molecular formula is C7H10F3N5O. The Morgan fingerprint density at radius 3 is 2.81 bits per heavy atom. The molecule has 0 unspecified atom stereocenters. The summed E-state index contributed by atoms with van der Waals surface area (Å²) in [6, 6.07) is 0. The molecule has 0 spiro atoms. The number of rotatable bonds is 4. The number of carbonyl (C=O) groups is 1. The number of nitrogens with one attached hydrogen (secondary N) is 1. The van der Waals surface area contributed by atoms with E-state index in [1.165, 1.54) is 0 Å². The molecule has 1 amide bonds. The van der Waals surface area contributed by atoms with Gasteiger partial charge >= 0.3 is 6.18 Å². The van der Waals surface area contributed by atoms with E-state index < -0.39 is 18.6 Å². The minimum Gasteiger partial charge on any atom is -0.349 e. The molecule has 9 heteroatoms. The highest BCUT2D eigenvalue weighted by Crippen LogP contribution is 2.16. The fourth-order valence-electron chi connectivity index (χ4n) is 0.942. The topological polar surface area (TPSA) is 85.8 Å². The number of nitrogens with zero attached hydrogens (tertiary/aromatic N) is 3. The van der Waals surface area contributed by atoms with Crippen LogP contribution in [0.25, 0.3) is 0 Å². The van der Waals surface area contributed by atoms with Crippen molar-refractivity contribution in [3.8, 4) is 0 Å². The zero-order chi connectivity index (χ0) is 12.2. The maximum atomic E-state index is 11.9. The largest absolute Gasteiger partial charge is 0.408 e. The average molecular weight is 237 g/mol. The quantitative estimate of drug-likeness (QED) is 0.733. The predicted octanol–water partition coefficient (Wildman–Crippen LogP) is -0.585. The van der Waals surface area contributed by atoms with Gasteiger partial charge in [0.15, 0.2) is 0 Å². The maximum absolute atomic E-state index is 11.9. The highest BCUT2D eigenvalue weighted by molar-refractivity contribution is 5.77. The van der Waals surface area contributed by atoms with Gasteiger partial charge in [0.05, 0.1) is 19.3 Å². The third kappa shape index (κ3) is 4.26. The van der Waals surface area contributed by atoms with E-state index in [4.69, 9.17) is 5.73 Å². The van der Waals surface area contributed by atoms with Gasteiger partial charge in [-0.25, -0.2) is 4.68 Å². The monoisotopic (exact) mass is 237 g/mol. The fraction of sp³-hybridized carbons (Fsp3) is 0.571. The smallest absolute Gasteiger partial charge is 0.349 e. The van der Waals surface area contributed by atoms with Gasteiger partial charge < -0.3 is 11.1 Å². The second-order valence-electron chi connectivity index (χ2n) is 3.00. The average Bonchev–Trinajstić information content (AvgIpc) is 2.59. The summed E-state index contributed by atoms with van der Waals surface area (Å²) in [5.41, 5.74) is 5.26. The van der Waals surface area contributed by atoms with Crippen molar-refractivity contribution in [2.75, 3.05) is 6.54 Å². The van der Waals surface area contributed by atoms with Crippen LogP contribution in [0.3, 0.4) is 0 Å². The molecule has 0 fully saturated rings. The van der Waals surface area contributed by atoms with Gasteiger partial charge in [-0.2, -0.15) is 13.2 Å². The lowest BCUT2D eigenvalue weighted by atomic mass is 10.4. The van der Waals surface area contributed by atoms with Crippen molar-refractivity contribution >= 4 is 5.91 Å². The summed E-state index contributed by atoms with van der Waals surface area (Å²) in [5.74, 6) is -0.412. The van der Waals surface area contributed by atoms with E-state index in [2.05, 4.69) is 15.6 Å². The summed E-state index contributed by atoms with van der Waals surface area (Å²) in [4.78, 5) is 10.7. The molecule has 0 aliphatic heterocycles. The molecule has 0 saturated carbocycles. The van der Waals surface area contributed by atoms with Gasteiger partial charge in [0.25, 0.3) is 0 Å². The molecule has 0 bridgehead atoms. The van der Waals surface area contributed by atoms with Crippen molar-refractivity contribution in [1.82, 2.24) is 20.3 Å². The van der Waals surface area contributed by atoms with E-state index in [1.807, 2.05) is 0 Å². The third-order valence-electron chi connectivity index (χ3n) is 1.58. The Kier molecular flexibility index (Phi) is 3.82. The van der Waals surface area contributed by atoms with Crippen LogP contribution in [-0.4, -0.2) is 33.6 Å². The Morgan fingerprint density at radius 2 is 2.25 bits per heavy atom. The Hall–Kier alpha value is -1.64. The van der Waals surface area contributed by atoms with Crippen LogP contribution in [0.1, 0.15) is 5.69 Å². The van der Waals surface area contributed by atoms with Gasteiger partial charge in [-0.3, -0.25) is 4.79 Å². The fourth-order valence-corrected chi connectivity index (χ4v) is 0.942. The molecule has 0 radical (unpaired) electrons. The number of nitrogens with two attached hydrogens (primary N) is 1. The molecule has 0 aromatic carbocycles. The molecule has 1 aromatic rings.